The third-order valence-corrected chi connectivity index (χ3v) is 2.39. The predicted molar refractivity (Wildman–Crippen MR) is 53.2 cm³/mol. The zero-order chi connectivity index (χ0) is 9.40. The Balaban J connectivity index is 3.24. The molecule has 0 amide bonds. The summed E-state index contributed by atoms with van der Waals surface area (Å²) < 4.78 is 0. The highest BCUT2D eigenvalue weighted by Crippen LogP contribution is 2.10. The Morgan fingerprint density at radius 1 is 1.25 bits per heavy atom. The van der Waals surface area contributed by atoms with Crippen molar-refractivity contribution in [3.05, 3.63) is 0 Å². The number of aliphatic hydroxyl groups is 1. The molecule has 2 nitrogen and oxygen atoms in total. The van der Waals surface area contributed by atoms with Gasteiger partial charge in [-0.05, 0) is 25.7 Å². The first-order valence-corrected chi connectivity index (χ1v) is 5.05. The lowest BCUT2D eigenvalue weighted by atomic mass is 10.0. The summed E-state index contributed by atoms with van der Waals surface area (Å²) in [6, 6.07) is 0.547. The lowest BCUT2D eigenvalue weighted by molar-refractivity contribution is 0.282. The van der Waals surface area contributed by atoms with Gasteiger partial charge in [0.1, 0.15) is 0 Å². The molecule has 2 heteroatoms. The van der Waals surface area contributed by atoms with E-state index in [1.54, 1.807) is 0 Å². The van der Waals surface area contributed by atoms with E-state index in [9.17, 15) is 0 Å². The van der Waals surface area contributed by atoms with Crippen LogP contribution in [0.2, 0.25) is 0 Å². The first-order chi connectivity index (χ1) is 5.70. The third-order valence-electron chi connectivity index (χ3n) is 2.39. The Bertz CT molecular complexity index is 95.8. The highest BCUT2D eigenvalue weighted by molar-refractivity contribution is 4.62. The molecule has 0 saturated heterocycles. The van der Waals surface area contributed by atoms with Gasteiger partial charge in [0, 0.05) is 12.6 Å². The van der Waals surface area contributed by atoms with E-state index in [0.29, 0.717) is 6.04 Å². The maximum absolute atomic E-state index is 8.58. The zero-order valence-electron chi connectivity index (χ0n) is 8.64. The van der Waals surface area contributed by atoms with Crippen molar-refractivity contribution in [3.63, 3.8) is 0 Å². The molecule has 0 aromatic heterocycles. The number of rotatable bonds is 7. The van der Waals surface area contributed by atoms with Crippen LogP contribution >= 0.6 is 0 Å². The summed E-state index contributed by atoms with van der Waals surface area (Å²) in [4.78, 5) is 0. The van der Waals surface area contributed by atoms with E-state index in [-0.39, 0.29) is 6.61 Å². The summed E-state index contributed by atoms with van der Waals surface area (Å²) in [7, 11) is 0. The smallest absolute Gasteiger partial charge is 0.0556 e. The molecule has 74 valence electrons. The molecule has 0 aromatic rings. The van der Waals surface area contributed by atoms with E-state index in [2.05, 4.69) is 26.1 Å². The minimum atomic E-state index is 0.244. The number of hydrogen-bond donors (Lipinski definition) is 2. The highest BCUT2D eigenvalue weighted by atomic mass is 16.3. The summed E-state index contributed by atoms with van der Waals surface area (Å²) in [5.41, 5.74) is 0. The van der Waals surface area contributed by atoms with Gasteiger partial charge >= 0.3 is 0 Å². The normalized spacial score (nSPS) is 16.0. The van der Waals surface area contributed by atoms with Crippen LogP contribution in [0.1, 0.15) is 40.0 Å². The van der Waals surface area contributed by atoms with Crippen LogP contribution in [0.15, 0.2) is 0 Å². The Kier molecular flexibility index (Phi) is 7.51. The van der Waals surface area contributed by atoms with E-state index in [4.69, 9.17) is 5.11 Å². The van der Waals surface area contributed by atoms with Crippen LogP contribution in [-0.4, -0.2) is 24.3 Å². The van der Waals surface area contributed by atoms with Gasteiger partial charge in [-0.15, -0.1) is 0 Å². The number of nitrogens with one attached hydrogen (secondary N) is 1. The molecule has 0 heterocycles. The van der Waals surface area contributed by atoms with Gasteiger partial charge in [-0.1, -0.05) is 20.3 Å². The van der Waals surface area contributed by atoms with Crippen molar-refractivity contribution in [1.82, 2.24) is 5.32 Å². The zero-order valence-corrected chi connectivity index (χ0v) is 8.64. The van der Waals surface area contributed by atoms with Crippen LogP contribution in [-0.2, 0) is 0 Å². The van der Waals surface area contributed by atoms with Crippen LogP contribution in [0.3, 0.4) is 0 Å². The fraction of sp³-hybridized carbons (Fsp3) is 1.00. The molecule has 0 aromatic carbocycles. The number of aliphatic hydroxyl groups excluding tert-OH is 1. The fourth-order valence-electron chi connectivity index (χ4n) is 1.15. The van der Waals surface area contributed by atoms with Gasteiger partial charge < -0.3 is 10.4 Å². The lowest BCUT2D eigenvalue weighted by Gasteiger charge is -2.15. The fourth-order valence-corrected chi connectivity index (χ4v) is 1.15. The molecule has 0 fully saturated rings. The third kappa shape index (κ3) is 6.62. The molecule has 0 spiro atoms. The standard InChI is InChI=1S/C10H23NO/c1-4-9(2)5-6-10(3)11-7-8-12/h9-12H,4-8H2,1-3H3. The molecule has 0 aliphatic heterocycles. The minimum absolute atomic E-state index is 0.244. The van der Waals surface area contributed by atoms with E-state index in [1.807, 2.05) is 0 Å². The summed E-state index contributed by atoms with van der Waals surface area (Å²) in [6.45, 7) is 7.67. The maximum atomic E-state index is 8.58. The molecule has 2 unspecified atom stereocenters. The Hall–Kier alpha value is -0.0800. The van der Waals surface area contributed by atoms with Crippen LogP contribution in [0.25, 0.3) is 0 Å². The molecule has 2 N–H and O–H groups in total. The summed E-state index contributed by atoms with van der Waals surface area (Å²) in [6.07, 6.45) is 3.78. The van der Waals surface area contributed by atoms with Gasteiger partial charge in [0.2, 0.25) is 0 Å². The molecule has 0 bridgehead atoms. The summed E-state index contributed by atoms with van der Waals surface area (Å²) in [5.74, 6) is 0.836. The molecule has 0 radical (unpaired) electrons. The van der Waals surface area contributed by atoms with Gasteiger partial charge in [-0.2, -0.15) is 0 Å². The van der Waals surface area contributed by atoms with Crippen molar-refractivity contribution >= 4 is 0 Å². The van der Waals surface area contributed by atoms with Crippen molar-refractivity contribution in [2.75, 3.05) is 13.2 Å². The minimum Gasteiger partial charge on any atom is -0.395 e. The molecule has 2 atom stereocenters. The van der Waals surface area contributed by atoms with E-state index < -0.39 is 0 Å². The topological polar surface area (TPSA) is 32.3 Å². The van der Waals surface area contributed by atoms with Crippen molar-refractivity contribution in [3.8, 4) is 0 Å². The number of hydrogen-bond acceptors (Lipinski definition) is 2. The van der Waals surface area contributed by atoms with E-state index >= 15 is 0 Å². The SMILES string of the molecule is CCC(C)CCC(C)NCCO. The van der Waals surface area contributed by atoms with Crippen LogP contribution in [0.5, 0.6) is 0 Å². The molecule has 0 saturated carbocycles. The van der Waals surface area contributed by atoms with E-state index in [1.165, 1.54) is 19.3 Å². The second kappa shape index (κ2) is 7.56. The Labute approximate surface area is 76.4 Å². The summed E-state index contributed by atoms with van der Waals surface area (Å²) >= 11 is 0. The predicted octanol–water partition coefficient (Wildman–Crippen LogP) is 1.78. The Morgan fingerprint density at radius 2 is 1.92 bits per heavy atom. The molecule has 0 aliphatic carbocycles. The first kappa shape index (κ1) is 11.9. The van der Waals surface area contributed by atoms with Gasteiger partial charge in [0.25, 0.3) is 0 Å². The van der Waals surface area contributed by atoms with Crippen molar-refractivity contribution in [2.24, 2.45) is 5.92 Å². The maximum Gasteiger partial charge on any atom is 0.0556 e. The van der Waals surface area contributed by atoms with Gasteiger partial charge in [-0.25, -0.2) is 0 Å². The molecule has 0 aliphatic rings. The molecular formula is C10H23NO. The molecule has 12 heavy (non-hydrogen) atoms. The lowest BCUT2D eigenvalue weighted by Crippen LogP contribution is -2.29. The highest BCUT2D eigenvalue weighted by Gasteiger charge is 2.03. The van der Waals surface area contributed by atoms with Crippen LogP contribution in [0, 0.1) is 5.92 Å². The second-order valence-corrected chi connectivity index (χ2v) is 3.67. The average Bonchev–Trinajstić information content (AvgIpc) is 2.10. The van der Waals surface area contributed by atoms with Crippen molar-refractivity contribution in [1.29, 1.82) is 0 Å². The van der Waals surface area contributed by atoms with Gasteiger partial charge in [0.15, 0.2) is 0 Å². The van der Waals surface area contributed by atoms with Gasteiger partial charge in [-0.3, -0.25) is 0 Å². The van der Waals surface area contributed by atoms with Crippen LogP contribution < -0.4 is 5.32 Å². The average molecular weight is 173 g/mol. The summed E-state index contributed by atoms with van der Waals surface area (Å²) in [5, 5.41) is 11.8. The second-order valence-electron chi connectivity index (χ2n) is 3.67. The largest absolute Gasteiger partial charge is 0.395 e. The molecule has 0 rings (SSSR count). The monoisotopic (exact) mass is 173 g/mol. The Morgan fingerprint density at radius 3 is 2.42 bits per heavy atom. The molecular weight excluding hydrogens is 150 g/mol. The van der Waals surface area contributed by atoms with Crippen molar-refractivity contribution < 1.29 is 5.11 Å². The van der Waals surface area contributed by atoms with Gasteiger partial charge in [0.05, 0.1) is 6.61 Å². The van der Waals surface area contributed by atoms with Crippen LogP contribution in [0.4, 0.5) is 0 Å². The first-order valence-electron chi connectivity index (χ1n) is 5.05. The van der Waals surface area contributed by atoms with Crippen molar-refractivity contribution in [2.45, 2.75) is 46.1 Å². The van der Waals surface area contributed by atoms with E-state index in [0.717, 1.165) is 12.5 Å². The quantitative estimate of drug-likeness (QED) is 0.615.